The number of aromatic nitrogens is 3. The molecule has 0 amide bonds. The van der Waals surface area contributed by atoms with Crippen LogP contribution in [0, 0.1) is 6.92 Å². The molecule has 0 unspecified atom stereocenters. The minimum Gasteiger partial charge on any atom is -0.486 e. The van der Waals surface area contributed by atoms with E-state index < -0.39 is 0 Å². The monoisotopic (exact) mass is 309 g/mol. The van der Waals surface area contributed by atoms with Gasteiger partial charge in [0, 0.05) is 14.1 Å². The fraction of sp³-hybridized carbons (Fsp3) is 0.235. The molecule has 2 N–H and O–H groups in total. The predicted octanol–water partition coefficient (Wildman–Crippen LogP) is 2.56. The highest BCUT2D eigenvalue weighted by Gasteiger charge is 2.07. The maximum Gasteiger partial charge on any atom is 0.230 e. The lowest BCUT2D eigenvalue weighted by Gasteiger charge is -2.12. The normalized spacial score (nSPS) is 10.7. The Morgan fingerprint density at radius 3 is 2.70 bits per heavy atom. The van der Waals surface area contributed by atoms with Crippen molar-refractivity contribution in [3.8, 4) is 5.75 Å². The molecule has 0 aliphatic rings. The Morgan fingerprint density at radius 2 is 1.91 bits per heavy atom. The molecule has 2 aromatic carbocycles. The average molecular weight is 309 g/mol. The second kappa shape index (κ2) is 6.08. The SMILES string of the molecule is Cc1cccc2cc(OCc3nc(N)nc(N(C)C)n3)ccc12. The molecule has 0 bridgehead atoms. The maximum atomic E-state index is 5.80. The predicted molar refractivity (Wildman–Crippen MR) is 91.6 cm³/mol. The number of rotatable bonds is 4. The van der Waals surface area contributed by atoms with Crippen molar-refractivity contribution in [1.82, 2.24) is 15.0 Å². The molecule has 118 valence electrons. The first kappa shape index (κ1) is 15.0. The number of anilines is 2. The lowest BCUT2D eigenvalue weighted by atomic mass is 10.1. The van der Waals surface area contributed by atoms with Gasteiger partial charge in [-0.05, 0) is 35.4 Å². The molecule has 23 heavy (non-hydrogen) atoms. The summed E-state index contributed by atoms with van der Waals surface area (Å²) in [6.45, 7) is 2.34. The van der Waals surface area contributed by atoms with Gasteiger partial charge in [-0.25, -0.2) is 0 Å². The topological polar surface area (TPSA) is 77.2 Å². The Balaban J connectivity index is 1.81. The molecule has 1 aromatic heterocycles. The zero-order valence-corrected chi connectivity index (χ0v) is 13.4. The van der Waals surface area contributed by atoms with Crippen molar-refractivity contribution in [1.29, 1.82) is 0 Å². The number of hydrogen-bond acceptors (Lipinski definition) is 6. The highest BCUT2D eigenvalue weighted by atomic mass is 16.5. The minimum atomic E-state index is 0.191. The molecule has 0 aliphatic carbocycles. The van der Waals surface area contributed by atoms with Gasteiger partial charge in [0.15, 0.2) is 5.82 Å². The van der Waals surface area contributed by atoms with Gasteiger partial charge in [-0.15, -0.1) is 0 Å². The lowest BCUT2D eigenvalue weighted by molar-refractivity contribution is 0.296. The fourth-order valence-electron chi connectivity index (χ4n) is 2.35. The highest BCUT2D eigenvalue weighted by Crippen LogP contribution is 2.24. The van der Waals surface area contributed by atoms with Crippen molar-refractivity contribution in [3.63, 3.8) is 0 Å². The Morgan fingerprint density at radius 1 is 1.09 bits per heavy atom. The number of fused-ring (bicyclic) bond motifs is 1. The van der Waals surface area contributed by atoms with Crippen LogP contribution in [0.25, 0.3) is 10.8 Å². The summed E-state index contributed by atoms with van der Waals surface area (Å²) >= 11 is 0. The van der Waals surface area contributed by atoms with Gasteiger partial charge in [-0.2, -0.15) is 15.0 Å². The van der Waals surface area contributed by atoms with Crippen molar-refractivity contribution in [2.75, 3.05) is 24.7 Å². The zero-order chi connectivity index (χ0) is 16.4. The summed E-state index contributed by atoms with van der Waals surface area (Å²) in [6, 6.07) is 12.2. The number of hydrogen-bond donors (Lipinski definition) is 1. The van der Waals surface area contributed by atoms with Gasteiger partial charge >= 0.3 is 0 Å². The van der Waals surface area contributed by atoms with Crippen molar-refractivity contribution >= 4 is 22.7 Å². The van der Waals surface area contributed by atoms with Crippen LogP contribution in [0.5, 0.6) is 5.75 Å². The molecule has 3 aromatic rings. The highest BCUT2D eigenvalue weighted by molar-refractivity contribution is 5.86. The number of benzene rings is 2. The summed E-state index contributed by atoms with van der Waals surface area (Å²) in [7, 11) is 3.70. The Bertz CT molecular complexity index is 848. The van der Waals surface area contributed by atoms with Crippen LogP contribution in [0.1, 0.15) is 11.4 Å². The number of aryl methyl sites for hydroxylation is 1. The van der Waals surface area contributed by atoms with E-state index in [2.05, 4.69) is 40.1 Å². The van der Waals surface area contributed by atoms with Crippen molar-refractivity contribution in [2.45, 2.75) is 13.5 Å². The smallest absolute Gasteiger partial charge is 0.230 e. The standard InChI is InChI=1S/C17H19N5O/c1-11-5-4-6-12-9-13(7-8-14(11)12)23-10-15-19-16(18)21-17(20-15)22(2)3/h4-9H,10H2,1-3H3,(H2,18,19,20,21). The third kappa shape index (κ3) is 3.31. The summed E-state index contributed by atoms with van der Waals surface area (Å²) < 4.78 is 5.80. The van der Waals surface area contributed by atoms with Crippen LogP contribution in [0.2, 0.25) is 0 Å². The van der Waals surface area contributed by atoms with Gasteiger partial charge in [0.05, 0.1) is 0 Å². The summed E-state index contributed by atoms with van der Waals surface area (Å²) in [5.74, 6) is 1.99. The lowest BCUT2D eigenvalue weighted by Crippen LogP contribution is -2.16. The average Bonchev–Trinajstić information content (AvgIpc) is 2.52. The van der Waals surface area contributed by atoms with Gasteiger partial charge in [0.25, 0.3) is 0 Å². The van der Waals surface area contributed by atoms with Gasteiger partial charge in [0.1, 0.15) is 12.4 Å². The van der Waals surface area contributed by atoms with Crippen LogP contribution < -0.4 is 15.4 Å². The Labute approximate surface area is 135 Å². The van der Waals surface area contributed by atoms with Crippen LogP contribution in [-0.2, 0) is 6.61 Å². The molecule has 0 aliphatic heterocycles. The van der Waals surface area contributed by atoms with E-state index in [9.17, 15) is 0 Å². The molecular weight excluding hydrogens is 290 g/mol. The molecule has 0 radical (unpaired) electrons. The first-order chi connectivity index (χ1) is 11.0. The fourth-order valence-corrected chi connectivity index (χ4v) is 2.35. The third-order valence-corrected chi connectivity index (χ3v) is 3.53. The molecule has 3 rings (SSSR count). The summed E-state index contributed by atoms with van der Waals surface area (Å²) in [6.07, 6.45) is 0. The molecule has 0 spiro atoms. The van der Waals surface area contributed by atoms with E-state index in [1.54, 1.807) is 4.90 Å². The van der Waals surface area contributed by atoms with Crippen LogP contribution in [0.4, 0.5) is 11.9 Å². The van der Waals surface area contributed by atoms with Crippen molar-refractivity contribution in [3.05, 3.63) is 47.8 Å². The summed E-state index contributed by atoms with van der Waals surface area (Å²) in [5, 5.41) is 2.37. The molecular formula is C17H19N5O. The van der Waals surface area contributed by atoms with Crippen LogP contribution in [-0.4, -0.2) is 29.0 Å². The maximum absolute atomic E-state index is 5.80. The second-order valence-corrected chi connectivity index (χ2v) is 5.55. The van der Waals surface area contributed by atoms with Crippen molar-refractivity contribution in [2.24, 2.45) is 0 Å². The first-order valence-electron chi connectivity index (χ1n) is 7.33. The Kier molecular flexibility index (Phi) is 3.97. The first-order valence-corrected chi connectivity index (χ1v) is 7.33. The van der Waals surface area contributed by atoms with E-state index in [4.69, 9.17) is 10.5 Å². The summed E-state index contributed by atoms with van der Waals surface area (Å²) in [4.78, 5) is 14.3. The third-order valence-electron chi connectivity index (χ3n) is 3.53. The van der Waals surface area contributed by atoms with Gasteiger partial charge in [-0.1, -0.05) is 24.3 Å². The Hall–Kier alpha value is -2.89. The number of nitrogen functional groups attached to an aromatic ring is 1. The molecule has 6 nitrogen and oxygen atoms in total. The number of nitrogens with two attached hydrogens (primary N) is 1. The molecule has 0 saturated heterocycles. The molecule has 6 heteroatoms. The van der Waals surface area contributed by atoms with Crippen LogP contribution in [0.15, 0.2) is 36.4 Å². The minimum absolute atomic E-state index is 0.191. The quantitative estimate of drug-likeness (QED) is 0.798. The van der Waals surface area contributed by atoms with E-state index in [1.807, 2.05) is 32.3 Å². The van der Waals surface area contributed by atoms with E-state index >= 15 is 0 Å². The number of ether oxygens (including phenoxy) is 1. The van der Waals surface area contributed by atoms with Crippen LogP contribution >= 0.6 is 0 Å². The molecule has 1 heterocycles. The van der Waals surface area contributed by atoms with Gasteiger partial charge < -0.3 is 15.4 Å². The second-order valence-electron chi connectivity index (χ2n) is 5.55. The largest absolute Gasteiger partial charge is 0.486 e. The van der Waals surface area contributed by atoms with E-state index in [0.717, 1.165) is 11.1 Å². The summed E-state index contributed by atoms with van der Waals surface area (Å²) in [5.41, 5.74) is 6.96. The number of nitrogens with zero attached hydrogens (tertiary/aromatic N) is 4. The molecule has 0 atom stereocenters. The van der Waals surface area contributed by atoms with E-state index in [0.29, 0.717) is 11.8 Å². The van der Waals surface area contributed by atoms with Gasteiger partial charge in [0.2, 0.25) is 11.9 Å². The molecule has 0 saturated carbocycles. The molecule has 0 fully saturated rings. The van der Waals surface area contributed by atoms with Crippen LogP contribution in [0.3, 0.4) is 0 Å². The van der Waals surface area contributed by atoms with E-state index in [-0.39, 0.29) is 12.6 Å². The van der Waals surface area contributed by atoms with Gasteiger partial charge in [-0.3, -0.25) is 0 Å². The van der Waals surface area contributed by atoms with E-state index in [1.165, 1.54) is 10.9 Å². The zero-order valence-electron chi connectivity index (χ0n) is 13.4. The van der Waals surface area contributed by atoms with Crippen molar-refractivity contribution < 1.29 is 4.74 Å².